The van der Waals surface area contributed by atoms with Gasteiger partial charge in [0.05, 0.1) is 20.5 Å². The van der Waals surface area contributed by atoms with Crippen molar-refractivity contribution in [2.45, 2.75) is 168 Å². The number of hydrogen-bond donors (Lipinski definition) is 0. The van der Waals surface area contributed by atoms with Crippen molar-refractivity contribution in [2.24, 2.45) is 0 Å². The molecule has 0 rings (SSSR count). The van der Waals surface area contributed by atoms with Gasteiger partial charge in [-0.25, -0.2) is 4.79 Å². The molecule has 0 aromatic heterocycles. The first kappa shape index (κ1) is 36.9. The molecule has 0 heterocycles. The third kappa shape index (κ3) is 25.2. The largest absolute Gasteiger partial charge is 1.00 e. The summed E-state index contributed by atoms with van der Waals surface area (Å²) in [6, 6.07) is 0. The minimum absolute atomic E-state index is 0. The van der Waals surface area contributed by atoms with Gasteiger partial charge in [0, 0.05) is 6.42 Å². The molecule has 0 spiro atoms. The molecule has 210 valence electrons. The van der Waals surface area contributed by atoms with E-state index in [0.717, 1.165) is 25.7 Å². The van der Waals surface area contributed by atoms with Gasteiger partial charge in [-0.1, -0.05) is 142 Å². The summed E-state index contributed by atoms with van der Waals surface area (Å²) in [6.45, 7) is 4.90. The molecule has 0 N–H and O–H groups in total. The summed E-state index contributed by atoms with van der Waals surface area (Å²) in [5.41, 5.74) is 0. The number of carbonyl (C=O) groups excluding carboxylic acids is 2. The number of ketones is 1. The highest BCUT2D eigenvalue weighted by atomic mass is 79.9. The predicted molar refractivity (Wildman–Crippen MR) is 149 cm³/mol. The molecule has 0 radical (unpaired) electrons. The molecule has 0 unspecified atom stereocenters. The lowest BCUT2D eigenvalue weighted by Gasteiger charge is -2.26. The van der Waals surface area contributed by atoms with Crippen LogP contribution >= 0.6 is 0 Å². The van der Waals surface area contributed by atoms with Crippen LogP contribution in [0.15, 0.2) is 0 Å². The Morgan fingerprint density at radius 2 is 0.743 bits per heavy atom. The van der Waals surface area contributed by atoms with E-state index >= 15 is 0 Å². The highest BCUT2D eigenvalue weighted by Gasteiger charge is 2.28. The molecular formula is C31H62BrNO2. The second-order valence-corrected chi connectivity index (χ2v) is 11.3. The molecular weight excluding hydrogens is 498 g/mol. The van der Waals surface area contributed by atoms with Gasteiger partial charge < -0.3 is 17.0 Å². The molecule has 4 heteroatoms. The van der Waals surface area contributed by atoms with Gasteiger partial charge in [0.2, 0.25) is 0 Å². The lowest BCUT2D eigenvalue weighted by atomic mass is 10.0. The quantitative estimate of drug-likeness (QED) is 0.0887. The molecule has 0 saturated carbocycles. The first-order valence-corrected chi connectivity index (χ1v) is 15.3. The van der Waals surface area contributed by atoms with E-state index in [0.29, 0.717) is 19.4 Å². The van der Waals surface area contributed by atoms with Crippen LogP contribution in [0.1, 0.15) is 168 Å². The van der Waals surface area contributed by atoms with Crippen LogP contribution in [0.5, 0.6) is 0 Å². The molecule has 0 aliphatic carbocycles. The van der Waals surface area contributed by atoms with E-state index in [4.69, 9.17) is 0 Å². The molecule has 0 aliphatic rings. The number of amides is 1. The van der Waals surface area contributed by atoms with E-state index in [1.807, 2.05) is 14.1 Å². The van der Waals surface area contributed by atoms with Crippen LogP contribution in [0, 0.1) is 0 Å². The van der Waals surface area contributed by atoms with Crippen LogP contribution in [-0.2, 0) is 9.59 Å². The fourth-order valence-electron chi connectivity index (χ4n) is 4.84. The van der Waals surface area contributed by atoms with E-state index < -0.39 is 0 Å². The highest BCUT2D eigenvalue weighted by Crippen LogP contribution is 2.15. The molecule has 0 aromatic rings. The number of likely N-dealkylation sites (N-methyl/N-ethyl adjacent to an activating group) is 1. The van der Waals surface area contributed by atoms with Crippen molar-refractivity contribution < 1.29 is 31.1 Å². The number of unbranched alkanes of at least 4 members (excludes halogenated alkanes) is 20. The predicted octanol–water partition coefficient (Wildman–Crippen LogP) is 6.56. The first-order valence-electron chi connectivity index (χ1n) is 15.3. The second kappa shape index (κ2) is 26.8. The summed E-state index contributed by atoms with van der Waals surface area (Å²) in [6.07, 6.45) is 29.8. The Hall–Kier alpha value is -0.220. The Labute approximate surface area is 230 Å². The van der Waals surface area contributed by atoms with Crippen molar-refractivity contribution in [2.75, 3.05) is 20.6 Å². The zero-order valence-corrected chi connectivity index (χ0v) is 25.9. The van der Waals surface area contributed by atoms with E-state index in [1.54, 1.807) is 0 Å². The number of hydrogen-bond acceptors (Lipinski definition) is 2. The van der Waals surface area contributed by atoms with Crippen molar-refractivity contribution in [3.63, 3.8) is 0 Å². The molecule has 0 bridgehead atoms. The van der Waals surface area contributed by atoms with Crippen LogP contribution < -0.4 is 17.0 Å². The van der Waals surface area contributed by atoms with Gasteiger partial charge in [-0.2, -0.15) is 0 Å². The van der Waals surface area contributed by atoms with Crippen LogP contribution in [-0.4, -0.2) is 36.8 Å². The van der Waals surface area contributed by atoms with Crippen molar-refractivity contribution >= 4 is 11.7 Å². The maximum atomic E-state index is 12.6. The summed E-state index contributed by atoms with van der Waals surface area (Å²) in [7, 11) is 3.83. The smallest absolute Gasteiger partial charge is 0.313 e. The van der Waals surface area contributed by atoms with Gasteiger partial charge in [-0.05, 0) is 12.8 Å². The van der Waals surface area contributed by atoms with Crippen molar-refractivity contribution in [3.8, 4) is 0 Å². The Kier molecular flexibility index (Phi) is 28.3. The minimum atomic E-state index is 0. The van der Waals surface area contributed by atoms with Gasteiger partial charge in [0.1, 0.15) is 6.54 Å². The summed E-state index contributed by atoms with van der Waals surface area (Å²) < 4.78 is 0.231. The van der Waals surface area contributed by atoms with E-state index in [-0.39, 0.29) is 33.2 Å². The van der Waals surface area contributed by atoms with Gasteiger partial charge in [0.15, 0.2) is 5.78 Å². The summed E-state index contributed by atoms with van der Waals surface area (Å²) >= 11 is 0. The van der Waals surface area contributed by atoms with Crippen LogP contribution in [0.2, 0.25) is 0 Å². The van der Waals surface area contributed by atoms with Gasteiger partial charge in [-0.15, -0.1) is 0 Å². The SMILES string of the molecule is CCCCCCCCCCCCCC(=O)C[N+](C)(C)C(=O)CCCCCCCCCCCCC.[Br-]. The Bertz CT molecular complexity index is 479. The van der Waals surface area contributed by atoms with Crippen LogP contribution in [0.25, 0.3) is 0 Å². The second-order valence-electron chi connectivity index (χ2n) is 11.3. The molecule has 0 aromatic carbocycles. The maximum absolute atomic E-state index is 12.6. The number of carbonyl (C=O) groups is 2. The molecule has 0 saturated heterocycles. The lowest BCUT2D eigenvalue weighted by molar-refractivity contribution is -0.805. The van der Waals surface area contributed by atoms with E-state index in [1.165, 1.54) is 116 Å². The monoisotopic (exact) mass is 559 g/mol. The summed E-state index contributed by atoms with van der Waals surface area (Å²) in [5, 5.41) is 0. The molecule has 1 amide bonds. The molecule has 35 heavy (non-hydrogen) atoms. The average molecular weight is 561 g/mol. The topological polar surface area (TPSA) is 34.1 Å². The Balaban J connectivity index is 0. The Morgan fingerprint density at radius 1 is 0.457 bits per heavy atom. The fraction of sp³-hybridized carbons (Fsp3) is 0.935. The van der Waals surface area contributed by atoms with Gasteiger partial charge in [0.25, 0.3) is 0 Å². The van der Waals surface area contributed by atoms with Crippen molar-refractivity contribution in [3.05, 3.63) is 0 Å². The van der Waals surface area contributed by atoms with E-state index in [2.05, 4.69) is 13.8 Å². The number of nitrogens with zero attached hydrogens (tertiary/aromatic N) is 1. The standard InChI is InChI=1S/C31H62NO2.BrH/c1-5-7-9-11-13-15-17-19-21-23-25-27-30(33)29-32(3,4)31(34)28-26-24-22-20-18-16-14-12-10-8-6-2;/h5-29H2,1-4H3;1H/q+1;/p-1. The molecule has 0 atom stereocenters. The third-order valence-corrected chi connectivity index (χ3v) is 7.30. The Morgan fingerprint density at radius 3 is 1.09 bits per heavy atom. The fourth-order valence-corrected chi connectivity index (χ4v) is 4.84. The molecule has 3 nitrogen and oxygen atoms in total. The van der Waals surface area contributed by atoms with Crippen LogP contribution in [0.4, 0.5) is 0 Å². The molecule has 0 fully saturated rings. The third-order valence-electron chi connectivity index (χ3n) is 7.30. The van der Waals surface area contributed by atoms with Crippen molar-refractivity contribution in [1.29, 1.82) is 0 Å². The normalized spacial score (nSPS) is 11.4. The van der Waals surface area contributed by atoms with Gasteiger partial charge in [-0.3, -0.25) is 9.28 Å². The summed E-state index contributed by atoms with van der Waals surface area (Å²) in [4.78, 5) is 25.1. The lowest BCUT2D eigenvalue weighted by Crippen LogP contribution is -3.00. The van der Waals surface area contributed by atoms with Crippen molar-refractivity contribution in [1.82, 2.24) is 0 Å². The molecule has 0 aliphatic heterocycles. The number of rotatable bonds is 26. The number of quaternary nitrogens is 1. The first-order chi connectivity index (χ1) is 16.4. The minimum Gasteiger partial charge on any atom is -1.00 e. The number of Topliss-reactive ketones (excluding diaryl/α,β-unsaturated/α-hetero) is 1. The average Bonchev–Trinajstić information content (AvgIpc) is 2.80. The number of halogens is 1. The maximum Gasteiger partial charge on any atom is 0.313 e. The van der Waals surface area contributed by atoms with Crippen LogP contribution in [0.3, 0.4) is 0 Å². The highest BCUT2D eigenvalue weighted by molar-refractivity contribution is 5.81. The summed E-state index contributed by atoms with van der Waals surface area (Å²) in [5.74, 6) is 0.483. The van der Waals surface area contributed by atoms with E-state index in [9.17, 15) is 9.59 Å². The zero-order chi connectivity index (χ0) is 25.3. The van der Waals surface area contributed by atoms with Gasteiger partial charge >= 0.3 is 5.91 Å². The zero-order valence-electron chi connectivity index (χ0n) is 24.3.